The average Bonchev–Trinajstić information content (AvgIpc) is 3.06. The fraction of sp³-hybridized carbons (Fsp3) is 0.533. The summed E-state index contributed by atoms with van der Waals surface area (Å²) in [7, 11) is 0. The number of benzene rings is 1. The lowest BCUT2D eigenvalue weighted by molar-refractivity contribution is -0.384. The minimum atomic E-state index is -0.454. The van der Waals surface area contributed by atoms with Crippen LogP contribution in [0.5, 0.6) is 0 Å². The second-order valence-corrected chi connectivity index (χ2v) is 5.91. The SMILES string of the molecule is O=C(Nc1ccc([N+](=O)[O-])cc1)N1CCC(N2CCNCC2)C1. The lowest BCUT2D eigenvalue weighted by atomic mass is 10.2. The highest BCUT2D eigenvalue weighted by Crippen LogP contribution is 2.19. The number of hydrogen-bond donors (Lipinski definition) is 2. The summed E-state index contributed by atoms with van der Waals surface area (Å²) in [5, 5.41) is 16.8. The molecule has 0 aromatic heterocycles. The minimum Gasteiger partial charge on any atom is -0.323 e. The third-order valence-corrected chi connectivity index (χ3v) is 4.45. The van der Waals surface area contributed by atoms with Crippen molar-refractivity contribution in [3.63, 3.8) is 0 Å². The molecule has 0 bridgehead atoms. The molecular weight excluding hydrogens is 298 g/mol. The van der Waals surface area contributed by atoms with Gasteiger partial charge in [-0.3, -0.25) is 15.0 Å². The number of nitro groups is 1. The van der Waals surface area contributed by atoms with Crippen LogP contribution in [0.15, 0.2) is 24.3 Å². The molecule has 8 heteroatoms. The van der Waals surface area contributed by atoms with Crippen molar-refractivity contribution in [3.05, 3.63) is 34.4 Å². The number of carbonyl (C=O) groups is 1. The number of piperazine rings is 1. The average molecular weight is 319 g/mol. The molecule has 1 unspecified atom stereocenters. The zero-order chi connectivity index (χ0) is 16.2. The fourth-order valence-electron chi connectivity index (χ4n) is 3.14. The van der Waals surface area contributed by atoms with Crippen LogP contribution in [0.4, 0.5) is 16.2 Å². The van der Waals surface area contributed by atoms with E-state index in [9.17, 15) is 14.9 Å². The van der Waals surface area contributed by atoms with E-state index in [0.29, 0.717) is 11.7 Å². The van der Waals surface area contributed by atoms with Crippen LogP contribution in [0.2, 0.25) is 0 Å². The van der Waals surface area contributed by atoms with Crippen LogP contribution < -0.4 is 10.6 Å². The highest BCUT2D eigenvalue weighted by atomic mass is 16.6. The molecule has 8 nitrogen and oxygen atoms in total. The Hall–Kier alpha value is -2.19. The van der Waals surface area contributed by atoms with Gasteiger partial charge in [0.15, 0.2) is 0 Å². The number of nitrogens with zero attached hydrogens (tertiary/aromatic N) is 3. The van der Waals surface area contributed by atoms with Gasteiger partial charge in [-0.1, -0.05) is 0 Å². The zero-order valence-corrected chi connectivity index (χ0v) is 12.9. The molecule has 23 heavy (non-hydrogen) atoms. The van der Waals surface area contributed by atoms with Crippen LogP contribution in [0.3, 0.4) is 0 Å². The maximum Gasteiger partial charge on any atom is 0.321 e. The number of likely N-dealkylation sites (tertiary alicyclic amines) is 1. The largest absolute Gasteiger partial charge is 0.323 e. The van der Waals surface area contributed by atoms with E-state index in [1.807, 2.05) is 4.90 Å². The van der Waals surface area contributed by atoms with Gasteiger partial charge in [0.05, 0.1) is 4.92 Å². The first-order chi connectivity index (χ1) is 11.1. The number of carbonyl (C=O) groups excluding carboxylic acids is 1. The van der Waals surface area contributed by atoms with Gasteiger partial charge in [0.25, 0.3) is 5.69 Å². The molecule has 124 valence electrons. The molecule has 1 aromatic carbocycles. The molecule has 0 saturated carbocycles. The molecule has 3 rings (SSSR count). The molecule has 2 fully saturated rings. The summed E-state index contributed by atoms with van der Waals surface area (Å²) in [5.41, 5.74) is 0.592. The Labute approximate surface area is 134 Å². The molecule has 2 saturated heterocycles. The smallest absolute Gasteiger partial charge is 0.321 e. The lowest BCUT2D eigenvalue weighted by Crippen LogP contribution is -2.49. The maximum atomic E-state index is 12.3. The number of hydrogen-bond acceptors (Lipinski definition) is 5. The Morgan fingerprint density at radius 1 is 1.22 bits per heavy atom. The van der Waals surface area contributed by atoms with Gasteiger partial charge >= 0.3 is 6.03 Å². The summed E-state index contributed by atoms with van der Waals surface area (Å²) in [6.45, 7) is 5.55. The van der Waals surface area contributed by atoms with E-state index in [1.54, 1.807) is 12.1 Å². The molecular formula is C15H21N5O3. The normalized spacial score (nSPS) is 22.1. The van der Waals surface area contributed by atoms with Gasteiger partial charge in [-0.2, -0.15) is 0 Å². The van der Waals surface area contributed by atoms with E-state index in [-0.39, 0.29) is 11.7 Å². The molecule has 1 atom stereocenters. The fourth-order valence-corrected chi connectivity index (χ4v) is 3.14. The number of amides is 2. The Kier molecular flexibility index (Phi) is 4.73. The maximum absolute atomic E-state index is 12.3. The molecule has 0 aliphatic carbocycles. The van der Waals surface area contributed by atoms with Gasteiger partial charge in [-0.25, -0.2) is 4.79 Å². The summed E-state index contributed by atoms with van der Waals surface area (Å²) in [5.74, 6) is 0. The molecule has 2 heterocycles. The van der Waals surface area contributed by atoms with Crippen LogP contribution >= 0.6 is 0 Å². The number of non-ortho nitro benzene ring substituents is 1. The third kappa shape index (κ3) is 3.77. The molecule has 1 aromatic rings. The van der Waals surface area contributed by atoms with Crippen molar-refractivity contribution in [2.45, 2.75) is 12.5 Å². The van der Waals surface area contributed by atoms with Gasteiger partial charge in [-0.15, -0.1) is 0 Å². The first-order valence-electron chi connectivity index (χ1n) is 7.88. The Morgan fingerprint density at radius 3 is 2.57 bits per heavy atom. The van der Waals surface area contributed by atoms with Gasteiger partial charge in [0, 0.05) is 63.1 Å². The molecule has 2 aliphatic rings. The van der Waals surface area contributed by atoms with Crippen molar-refractivity contribution in [1.29, 1.82) is 0 Å². The number of rotatable bonds is 3. The lowest BCUT2D eigenvalue weighted by Gasteiger charge is -2.32. The highest BCUT2D eigenvalue weighted by molar-refractivity contribution is 5.89. The van der Waals surface area contributed by atoms with E-state index >= 15 is 0 Å². The second kappa shape index (κ2) is 6.93. The van der Waals surface area contributed by atoms with E-state index in [0.717, 1.165) is 45.7 Å². The predicted octanol–water partition coefficient (Wildman–Crippen LogP) is 1.11. The highest BCUT2D eigenvalue weighted by Gasteiger charge is 2.30. The minimum absolute atomic E-state index is 0.0166. The van der Waals surface area contributed by atoms with E-state index in [2.05, 4.69) is 15.5 Å². The molecule has 0 radical (unpaired) electrons. The van der Waals surface area contributed by atoms with Crippen LogP contribution in [0.25, 0.3) is 0 Å². The van der Waals surface area contributed by atoms with Gasteiger partial charge in [0.1, 0.15) is 0 Å². The summed E-state index contributed by atoms with van der Waals surface area (Å²) in [6, 6.07) is 6.18. The van der Waals surface area contributed by atoms with Crippen molar-refractivity contribution >= 4 is 17.4 Å². The van der Waals surface area contributed by atoms with Crippen molar-refractivity contribution in [1.82, 2.24) is 15.1 Å². The molecule has 0 spiro atoms. The van der Waals surface area contributed by atoms with Crippen LogP contribution in [-0.4, -0.2) is 66.1 Å². The Balaban J connectivity index is 1.53. The number of urea groups is 1. The van der Waals surface area contributed by atoms with Gasteiger partial charge in [-0.05, 0) is 18.6 Å². The zero-order valence-electron chi connectivity index (χ0n) is 12.9. The molecule has 2 aliphatic heterocycles. The predicted molar refractivity (Wildman–Crippen MR) is 86.5 cm³/mol. The topological polar surface area (TPSA) is 90.7 Å². The van der Waals surface area contributed by atoms with Gasteiger partial charge in [0.2, 0.25) is 0 Å². The molecule has 2 N–H and O–H groups in total. The monoisotopic (exact) mass is 319 g/mol. The summed E-state index contributed by atoms with van der Waals surface area (Å²) >= 11 is 0. The third-order valence-electron chi connectivity index (χ3n) is 4.45. The number of nitrogens with one attached hydrogen (secondary N) is 2. The number of anilines is 1. The number of nitro benzene ring substituents is 1. The van der Waals surface area contributed by atoms with Crippen molar-refractivity contribution in [3.8, 4) is 0 Å². The van der Waals surface area contributed by atoms with E-state index in [1.165, 1.54) is 12.1 Å². The van der Waals surface area contributed by atoms with Crippen molar-refractivity contribution < 1.29 is 9.72 Å². The van der Waals surface area contributed by atoms with Crippen molar-refractivity contribution in [2.75, 3.05) is 44.6 Å². The first-order valence-corrected chi connectivity index (χ1v) is 7.88. The van der Waals surface area contributed by atoms with Crippen LogP contribution in [0, 0.1) is 10.1 Å². The van der Waals surface area contributed by atoms with Crippen LogP contribution in [0.1, 0.15) is 6.42 Å². The second-order valence-electron chi connectivity index (χ2n) is 5.91. The Bertz CT molecular complexity index is 571. The van der Waals surface area contributed by atoms with Gasteiger partial charge < -0.3 is 15.5 Å². The van der Waals surface area contributed by atoms with E-state index in [4.69, 9.17) is 0 Å². The van der Waals surface area contributed by atoms with E-state index < -0.39 is 4.92 Å². The quantitative estimate of drug-likeness (QED) is 0.643. The molecule has 2 amide bonds. The Morgan fingerprint density at radius 2 is 1.91 bits per heavy atom. The standard InChI is InChI=1S/C15H21N5O3/c21-15(17-12-1-3-13(4-2-12)20(22)23)19-8-5-14(11-19)18-9-6-16-7-10-18/h1-4,14,16H,5-11H2,(H,17,21). The van der Waals surface area contributed by atoms with Crippen LogP contribution in [-0.2, 0) is 0 Å². The summed E-state index contributed by atoms with van der Waals surface area (Å²) < 4.78 is 0. The van der Waals surface area contributed by atoms with Crippen molar-refractivity contribution in [2.24, 2.45) is 0 Å². The first kappa shape index (κ1) is 15.7. The summed E-state index contributed by atoms with van der Waals surface area (Å²) in [4.78, 5) is 26.7. The summed E-state index contributed by atoms with van der Waals surface area (Å²) in [6.07, 6.45) is 0.994.